The lowest BCUT2D eigenvalue weighted by Crippen LogP contribution is -2.12. The second kappa shape index (κ2) is 7.20. The van der Waals surface area contributed by atoms with Gasteiger partial charge in [-0.1, -0.05) is 23.2 Å². The molecule has 0 fully saturated rings. The number of benzene rings is 2. The maximum Gasteiger partial charge on any atom is 0.411 e. The summed E-state index contributed by atoms with van der Waals surface area (Å²) >= 11 is 11.8. The molecule has 0 atom stereocenters. The van der Waals surface area contributed by atoms with Gasteiger partial charge >= 0.3 is 6.09 Å². The number of carbonyl (C=O) groups excluding carboxylic acids is 1. The molecule has 4 nitrogen and oxygen atoms in total. The molecule has 1 N–H and O–H groups in total. The molecule has 2 rings (SSSR count). The predicted molar refractivity (Wildman–Crippen MR) is 83.6 cm³/mol. The Morgan fingerprint density at radius 2 is 1.71 bits per heavy atom. The van der Waals surface area contributed by atoms with Gasteiger partial charge in [-0.15, -0.1) is 0 Å². The van der Waals surface area contributed by atoms with E-state index < -0.39 is 6.09 Å². The number of halogens is 2. The van der Waals surface area contributed by atoms with Gasteiger partial charge in [0.2, 0.25) is 0 Å². The maximum atomic E-state index is 11.3. The molecule has 0 saturated carbocycles. The van der Waals surface area contributed by atoms with Crippen molar-refractivity contribution in [2.24, 2.45) is 0 Å². The number of amides is 1. The largest absolute Gasteiger partial charge is 0.457 e. The highest BCUT2D eigenvalue weighted by atomic mass is 35.5. The van der Waals surface area contributed by atoms with E-state index in [1.165, 1.54) is 0 Å². The average Bonchev–Trinajstić information content (AvgIpc) is 2.45. The molecule has 0 aliphatic carbocycles. The van der Waals surface area contributed by atoms with Crippen LogP contribution in [0.15, 0.2) is 42.5 Å². The molecule has 0 bridgehead atoms. The van der Waals surface area contributed by atoms with E-state index >= 15 is 0 Å². The molecule has 110 valence electrons. The summed E-state index contributed by atoms with van der Waals surface area (Å²) in [6.07, 6.45) is -0.490. The van der Waals surface area contributed by atoms with Crippen LogP contribution in [-0.4, -0.2) is 12.7 Å². The van der Waals surface area contributed by atoms with Crippen LogP contribution in [0.4, 0.5) is 10.5 Å². The molecule has 0 aliphatic heterocycles. The topological polar surface area (TPSA) is 47.6 Å². The lowest BCUT2D eigenvalue weighted by molar-refractivity contribution is 0.168. The van der Waals surface area contributed by atoms with Gasteiger partial charge in [0, 0.05) is 11.8 Å². The summed E-state index contributed by atoms with van der Waals surface area (Å²) in [5, 5.41) is 3.49. The molecule has 1 amide bonds. The van der Waals surface area contributed by atoms with E-state index in [2.05, 4.69) is 5.32 Å². The third-order valence-corrected chi connectivity index (χ3v) is 3.24. The Balaban J connectivity index is 2.01. The summed E-state index contributed by atoms with van der Waals surface area (Å²) in [6.45, 7) is 2.07. The van der Waals surface area contributed by atoms with Crippen molar-refractivity contribution in [1.29, 1.82) is 0 Å². The Bertz CT molecular complexity index is 629. The fourth-order valence-corrected chi connectivity index (χ4v) is 1.86. The molecule has 21 heavy (non-hydrogen) atoms. The SMILES string of the molecule is CCOC(=O)Nc1ccc(Oc2ccc(Cl)c(Cl)c2)cc1. The van der Waals surface area contributed by atoms with Crippen LogP contribution in [0.25, 0.3) is 0 Å². The first-order chi connectivity index (χ1) is 10.1. The van der Waals surface area contributed by atoms with Gasteiger partial charge in [-0.05, 0) is 43.3 Å². The summed E-state index contributed by atoms with van der Waals surface area (Å²) in [6, 6.07) is 11.9. The highest BCUT2D eigenvalue weighted by Gasteiger charge is 2.04. The predicted octanol–water partition coefficient (Wildman–Crippen LogP) is 5.35. The highest BCUT2D eigenvalue weighted by molar-refractivity contribution is 6.42. The summed E-state index contributed by atoms with van der Waals surface area (Å²) in [7, 11) is 0. The molecular formula is C15H13Cl2NO3. The molecule has 0 heterocycles. The summed E-state index contributed by atoms with van der Waals surface area (Å²) < 4.78 is 10.4. The van der Waals surface area contributed by atoms with E-state index in [1.807, 2.05) is 0 Å². The van der Waals surface area contributed by atoms with Crippen molar-refractivity contribution in [1.82, 2.24) is 0 Å². The van der Waals surface area contributed by atoms with Crippen LogP contribution >= 0.6 is 23.2 Å². The molecule has 0 radical (unpaired) electrons. The lowest BCUT2D eigenvalue weighted by atomic mass is 10.3. The van der Waals surface area contributed by atoms with Crippen LogP contribution in [0.2, 0.25) is 10.0 Å². The zero-order chi connectivity index (χ0) is 15.2. The maximum absolute atomic E-state index is 11.3. The van der Waals surface area contributed by atoms with Crippen LogP contribution in [0, 0.1) is 0 Å². The summed E-state index contributed by atoms with van der Waals surface area (Å²) in [5.74, 6) is 1.19. The van der Waals surface area contributed by atoms with E-state index in [-0.39, 0.29) is 0 Å². The molecule has 2 aromatic carbocycles. The molecule has 0 saturated heterocycles. The van der Waals surface area contributed by atoms with Gasteiger partial charge in [0.1, 0.15) is 11.5 Å². The van der Waals surface area contributed by atoms with Gasteiger partial charge in [-0.2, -0.15) is 0 Å². The summed E-state index contributed by atoms with van der Waals surface area (Å²) in [4.78, 5) is 11.3. The van der Waals surface area contributed by atoms with Crippen LogP contribution in [0.1, 0.15) is 6.92 Å². The fourth-order valence-electron chi connectivity index (χ4n) is 1.57. The average molecular weight is 326 g/mol. The quantitative estimate of drug-likeness (QED) is 0.823. The zero-order valence-electron chi connectivity index (χ0n) is 11.2. The van der Waals surface area contributed by atoms with E-state index in [1.54, 1.807) is 49.4 Å². The summed E-state index contributed by atoms with van der Waals surface area (Å²) in [5.41, 5.74) is 0.620. The smallest absolute Gasteiger partial charge is 0.411 e. The third-order valence-electron chi connectivity index (χ3n) is 2.50. The van der Waals surface area contributed by atoms with E-state index in [9.17, 15) is 4.79 Å². The molecule has 0 unspecified atom stereocenters. The first kappa shape index (κ1) is 15.5. The molecule has 0 spiro atoms. The Morgan fingerprint density at radius 1 is 1.05 bits per heavy atom. The number of hydrogen-bond acceptors (Lipinski definition) is 3. The molecule has 0 aromatic heterocycles. The van der Waals surface area contributed by atoms with Crippen molar-refractivity contribution in [3.63, 3.8) is 0 Å². The van der Waals surface area contributed by atoms with Crippen LogP contribution in [0.3, 0.4) is 0 Å². The molecule has 0 aliphatic rings. The Morgan fingerprint density at radius 3 is 2.33 bits per heavy atom. The fraction of sp³-hybridized carbons (Fsp3) is 0.133. The van der Waals surface area contributed by atoms with E-state index in [0.717, 1.165) is 0 Å². The van der Waals surface area contributed by atoms with E-state index in [0.29, 0.717) is 33.8 Å². The Labute approximate surface area is 132 Å². The number of ether oxygens (including phenoxy) is 2. The Kier molecular flexibility index (Phi) is 5.31. The third kappa shape index (κ3) is 4.55. The van der Waals surface area contributed by atoms with Gasteiger partial charge in [0.15, 0.2) is 0 Å². The van der Waals surface area contributed by atoms with Crippen molar-refractivity contribution >= 4 is 35.0 Å². The number of anilines is 1. The van der Waals surface area contributed by atoms with Crippen LogP contribution < -0.4 is 10.1 Å². The van der Waals surface area contributed by atoms with Crippen LogP contribution in [0.5, 0.6) is 11.5 Å². The second-order valence-corrected chi connectivity index (χ2v) is 4.86. The zero-order valence-corrected chi connectivity index (χ0v) is 12.7. The first-order valence-corrected chi connectivity index (χ1v) is 7.01. The van der Waals surface area contributed by atoms with Gasteiger partial charge in [0.05, 0.1) is 16.7 Å². The van der Waals surface area contributed by atoms with Crippen molar-refractivity contribution in [3.8, 4) is 11.5 Å². The number of hydrogen-bond donors (Lipinski definition) is 1. The van der Waals surface area contributed by atoms with Crippen molar-refractivity contribution in [3.05, 3.63) is 52.5 Å². The Hall–Kier alpha value is -1.91. The monoisotopic (exact) mass is 325 g/mol. The van der Waals surface area contributed by atoms with Crippen LogP contribution in [-0.2, 0) is 4.74 Å². The molecular weight excluding hydrogens is 313 g/mol. The highest BCUT2D eigenvalue weighted by Crippen LogP contribution is 2.29. The van der Waals surface area contributed by atoms with Crippen molar-refractivity contribution < 1.29 is 14.3 Å². The molecule has 6 heteroatoms. The van der Waals surface area contributed by atoms with Crippen molar-refractivity contribution in [2.45, 2.75) is 6.92 Å². The normalized spacial score (nSPS) is 10.0. The van der Waals surface area contributed by atoms with Gasteiger partial charge in [-0.3, -0.25) is 5.32 Å². The van der Waals surface area contributed by atoms with Gasteiger partial charge in [0.25, 0.3) is 0 Å². The van der Waals surface area contributed by atoms with Gasteiger partial charge < -0.3 is 9.47 Å². The minimum Gasteiger partial charge on any atom is -0.457 e. The lowest BCUT2D eigenvalue weighted by Gasteiger charge is -2.08. The first-order valence-electron chi connectivity index (χ1n) is 6.25. The van der Waals surface area contributed by atoms with Gasteiger partial charge in [-0.25, -0.2) is 4.79 Å². The van der Waals surface area contributed by atoms with Crippen molar-refractivity contribution in [2.75, 3.05) is 11.9 Å². The number of carbonyl (C=O) groups is 1. The minimum absolute atomic E-state index is 0.324. The standard InChI is InChI=1S/C15H13Cl2NO3/c1-2-20-15(19)18-10-3-5-11(6-4-10)21-12-7-8-13(16)14(17)9-12/h3-9H,2H2,1H3,(H,18,19). The minimum atomic E-state index is -0.490. The molecule has 2 aromatic rings. The second-order valence-electron chi connectivity index (χ2n) is 4.05. The number of rotatable bonds is 4. The number of nitrogens with one attached hydrogen (secondary N) is 1. The van der Waals surface area contributed by atoms with E-state index in [4.69, 9.17) is 32.7 Å².